The van der Waals surface area contributed by atoms with Crippen LogP contribution < -0.4 is 38.9 Å². The second kappa shape index (κ2) is 16.4. The molecule has 12 N–H and O–H groups in total. The molecule has 4 atom stereocenters. The van der Waals surface area contributed by atoms with Gasteiger partial charge < -0.3 is 44.0 Å². The summed E-state index contributed by atoms with van der Waals surface area (Å²) in [6.45, 7) is 4.07. The largest absolute Gasteiger partial charge is 0.480 e. The Kier molecular flexibility index (Phi) is 14.9. The first-order chi connectivity index (χ1) is 16.3. The molecule has 0 aromatic carbocycles. The van der Waals surface area contributed by atoms with Gasteiger partial charge in [0, 0.05) is 6.42 Å². The van der Waals surface area contributed by atoms with Crippen molar-refractivity contribution >= 4 is 35.5 Å². The molecule has 0 aliphatic heterocycles. The normalized spacial score (nSPS) is 14.3. The van der Waals surface area contributed by atoms with E-state index in [1.54, 1.807) is 0 Å². The topological polar surface area (TPSA) is 263 Å². The molecule has 14 nitrogen and oxygen atoms in total. The van der Waals surface area contributed by atoms with Gasteiger partial charge in [0.15, 0.2) is 0 Å². The second-order valence-electron chi connectivity index (χ2n) is 8.72. The Hall–Kier alpha value is -3.26. The lowest BCUT2D eigenvalue weighted by Crippen LogP contribution is -2.57. The Morgan fingerprint density at radius 1 is 0.771 bits per heavy atom. The third-order valence-electron chi connectivity index (χ3n) is 4.97. The number of hydrogen-bond acceptors (Lipinski definition) is 8. The molecule has 0 aromatic rings. The van der Waals surface area contributed by atoms with E-state index >= 15 is 0 Å². The third-order valence-corrected chi connectivity index (χ3v) is 4.97. The first-order valence-electron chi connectivity index (χ1n) is 11.4. The van der Waals surface area contributed by atoms with Gasteiger partial charge in [-0.2, -0.15) is 0 Å². The molecule has 0 fully saturated rings. The Morgan fingerprint density at radius 3 is 1.74 bits per heavy atom. The Labute approximate surface area is 204 Å². The van der Waals surface area contributed by atoms with Gasteiger partial charge in [0.05, 0.1) is 12.5 Å². The molecular weight excluding hydrogens is 462 g/mol. The van der Waals surface area contributed by atoms with Crippen LogP contribution in [0.4, 0.5) is 0 Å². The molecule has 0 bridgehead atoms. The van der Waals surface area contributed by atoms with Crippen LogP contribution in [0.1, 0.15) is 58.8 Å². The molecule has 0 aliphatic carbocycles. The molecular formula is C21H39N7O7. The number of carboxylic acids is 1. The van der Waals surface area contributed by atoms with Gasteiger partial charge in [-0.3, -0.25) is 24.0 Å². The molecule has 5 amide bonds. The van der Waals surface area contributed by atoms with Crippen molar-refractivity contribution in [2.45, 2.75) is 83.0 Å². The molecule has 0 saturated heterocycles. The van der Waals surface area contributed by atoms with E-state index in [-0.39, 0.29) is 25.2 Å². The minimum atomic E-state index is -1.59. The van der Waals surface area contributed by atoms with Crippen molar-refractivity contribution in [3.05, 3.63) is 0 Å². The monoisotopic (exact) mass is 501 g/mol. The predicted octanol–water partition coefficient (Wildman–Crippen LogP) is -2.83. The van der Waals surface area contributed by atoms with Crippen LogP contribution in [0.15, 0.2) is 0 Å². The van der Waals surface area contributed by atoms with Gasteiger partial charge >= 0.3 is 5.97 Å². The van der Waals surface area contributed by atoms with Crippen molar-refractivity contribution in [2.75, 3.05) is 6.54 Å². The standard InChI is InChI=1S/C21H39N7O7/c1-11(2)9-12(23)18(31)26-14(6-7-16(24)29)20(33)27-13(5-3-4-8-22)19(32)28-15(21(34)35)10-17(25)30/h11-15H,3-10,22-23H2,1-2H3,(H2,24,29)(H2,25,30)(H,26,31)(H,27,33)(H,28,32)(H,34,35). The van der Waals surface area contributed by atoms with Crippen LogP contribution in [0.25, 0.3) is 0 Å². The fraction of sp³-hybridized carbons (Fsp3) is 0.714. The maximum atomic E-state index is 13.0. The first kappa shape index (κ1) is 31.7. The molecule has 4 unspecified atom stereocenters. The van der Waals surface area contributed by atoms with E-state index in [0.717, 1.165) is 0 Å². The van der Waals surface area contributed by atoms with Gasteiger partial charge in [-0.05, 0) is 44.6 Å². The second-order valence-corrected chi connectivity index (χ2v) is 8.72. The van der Waals surface area contributed by atoms with Crippen LogP contribution >= 0.6 is 0 Å². The summed E-state index contributed by atoms with van der Waals surface area (Å²) in [6, 6.07) is -4.92. The third kappa shape index (κ3) is 13.9. The van der Waals surface area contributed by atoms with E-state index in [1.807, 2.05) is 13.8 Å². The number of nitrogens with two attached hydrogens (primary N) is 4. The molecule has 200 valence electrons. The SMILES string of the molecule is CC(C)CC(N)C(=O)NC(CCC(N)=O)C(=O)NC(CCCCN)C(=O)NC(CC(N)=O)C(=O)O. The number of unbranched alkanes of at least 4 members (excludes halogenated alkanes) is 1. The minimum absolute atomic E-state index is 0.0982. The molecule has 0 aliphatic rings. The highest BCUT2D eigenvalue weighted by atomic mass is 16.4. The number of rotatable bonds is 18. The number of aliphatic carboxylic acids is 1. The Balaban J connectivity index is 5.59. The lowest BCUT2D eigenvalue weighted by atomic mass is 10.0. The van der Waals surface area contributed by atoms with Crippen molar-refractivity contribution < 1.29 is 33.9 Å². The zero-order valence-corrected chi connectivity index (χ0v) is 20.2. The number of primary amides is 2. The van der Waals surface area contributed by atoms with E-state index in [2.05, 4.69) is 16.0 Å². The number of nitrogens with one attached hydrogen (secondary N) is 3. The summed E-state index contributed by atoms with van der Waals surface area (Å²) < 4.78 is 0. The Bertz CT molecular complexity index is 760. The van der Waals surface area contributed by atoms with Crippen molar-refractivity contribution in [1.82, 2.24) is 16.0 Å². The molecule has 0 spiro atoms. The van der Waals surface area contributed by atoms with Crippen LogP contribution in [-0.2, 0) is 28.8 Å². The van der Waals surface area contributed by atoms with Crippen molar-refractivity contribution in [3.63, 3.8) is 0 Å². The smallest absolute Gasteiger partial charge is 0.326 e. The van der Waals surface area contributed by atoms with Gasteiger partial charge in [0.2, 0.25) is 29.5 Å². The van der Waals surface area contributed by atoms with E-state index < -0.39 is 66.1 Å². The zero-order valence-electron chi connectivity index (χ0n) is 20.2. The quantitative estimate of drug-likeness (QED) is 0.0898. The summed E-state index contributed by atoms with van der Waals surface area (Å²) in [5.41, 5.74) is 21.6. The number of hydrogen-bond donors (Lipinski definition) is 8. The number of carboxylic acid groups (broad SMARTS) is 1. The average molecular weight is 502 g/mol. The predicted molar refractivity (Wildman–Crippen MR) is 126 cm³/mol. The number of carbonyl (C=O) groups is 6. The summed E-state index contributed by atoms with van der Waals surface area (Å²) in [7, 11) is 0. The summed E-state index contributed by atoms with van der Waals surface area (Å²) in [4.78, 5) is 71.9. The summed E-state index contributed by atoms with van der Waals surface area (Å²) in [6.07, 6.45) is 0.391. The minimum Gasteiger partial charge on any atom is -0.480 e. The van der Waals surface area contributed by atoms with Crippen LogP contribution in [0, 0.1) is 5.92 Å². The first-order valence-corrected chi connectivity index (χ1v) is 11.4. The Morgan fingerprint density at radius 2 is 1.29 bits per heavy atom. The van der Waals surface area contributed by atoms with E-state index in [1.165, 1.54) is 0 Å². The number of carbonyl (C=O) groups excluding carboxylic acids is 5. The van der Waals surface area contributed by atoms with E-state index in [4.69, 9.17) is 22.9 Å². The molecule has 0 heterocycles. The zero-order chi connectivity index (χ0) is 27.1. The van der Waals surface area contributed by atoms with Crippen LogP contribution in [-0.4, -0.2) is 71.3 Å². The molecule has 14 heteroatoms. The number of amides is 5. The summed E-state index contributed by atoms with van der Waals surface area (Å²) in [5, 5.41) is 16.4. The van der Waals surface area contributed by atoms with Crippen molar-refractivity contribution in [3.8, 4) is 0 Å². The highest BCUT2D eigenvalue weighted by Crippen LogP contribution is 2.07. The van der Waals surface area contributed by atoms with E-state index in [9.17, 15) is 33.9 Å². The van der Waals surface area contributed by atoms with Gasteiger partial charge in [-0.25, -0.2) is 4.79 Å². The van der Waals surface area contributed by atoms with Crippen molar-refractivity contribution in [1.29, 1.82) is 0 Å². The molecule has 0 saturated carbocycles. The van der Waals surface area contributed by atoms with Crippen LogP contribution in [0.2, 0.25) is 0 Å². The van der Waals surface area contributed by atoms with Gasteiger partial charge in [-0.1, -0.05) is 13.8 Å². The maximum Gasteiger partial charge on any atom is 0.326 e. The lowest BCUT2D eigenvalue weighted by Gasteiger charge is -2.25. The fourth-order valence-corrected chi connectivity index (χ4v) is 3.16. The van der Waals surface area contributed by atoms with E-state index in [0.29, 0.717) is 25.8 Å². The molecule has 0 radical (unpaired) electrons. The summed E-state index contributed by atoms with van der Waals surface area (Å²) in [5.74, 6) is -5.25. The maximum absolute atomic E-state index is 13.0. The molecule has 0 rings (SSSR count). The van der Waals surface area contributed by atoms with Gasteiger partial charge in [0.25, 0.3) is 0 Å². The van der Waals surface area contributed by atoms with Crippen LogP contribution in [0.5, 0.6) is 0 Å². The van der Waals surface area contributed by atoms with Crippen LogP contribution in [0.3, 0.4) is 0 Å². The van der Waals surface area contributed by atoms with Gasteiger partial charge in [0.1, 0.15) is 18.1 Å². The highest BCUT2D eigenvalue weighted by molar-refractivity contribution is 5.95. The highest BCUT2D eigenvalue weighted by Gasteiger charge is 2.31. The lowest BCUT2D eigenvalue weighted by molar-refractivity contribution is -0.143. The fourth-order valence-electron chi connectivity index (χ4n) is 3.16. The summed E-state index contributed by atoms with van der Waals surface area (Å²) >= 11 is 0. The molecule has 0 aromatic heterocycles. The van der Waals surface area contributed by atoms with Crippen molar-refractivity contribution in [2.24, 2.45) is 28.9 Å². The molecule has 35 heavy (non-hydrogen) atoms. The van der Waals surface area contributed by atoms with Gasteiger partial charge in [-0.15, -0.1) is 0 Å². The average Bonchev–Trinajstić information content (AvgIpc) is 2.74.